The largest absolute Gasteiger partial charge is 0.481 e. The van der Waals surface area contributed by atoms with Crippen LogP contribution in [0.25, 0.3) is 0 Å². The fourth-order valence-corrected chi connectivity index (χ4v) is 4.16. The second-order valence-corrected chi connectivity index (χ2v) is 6.68. The fraction of sp³-hybridized carbons (Fsp3) is 0.867. The molecule has 3 fully saturated rings. The predicted molar refractivity (Wildman–Crippen MR) is 74.2 cm³/mol. The summed E-state index contributed by atoms with van der Waals surface area (Å²) in [4.78, 5) is 28.2. The molecule has 20 heavy (non-hydrogen) atoms. The van der Waals surface area contributed by atoms with Crippen LogP contribution >= 0.6 is 0 Å². The van der Waals surface area contributed by atoms with E-state index >= 15 is 0 Å². The molecular weight excluding hydrogens is 256 g/mol. The van der Waals surface area contributed by atoms with Gasteiger partial charge in [0.15, 0.2) is 0 Å². The lowest BCUT2D eigenvalue weighted by atomic mass is 10.0. The van der Waals surface area contributed by atoms with E-state index in [1.54, 1.807) is 0 Å². The molecule has 3 aliphatic rings. The molecule has 0 aromatic rings. The number of fused-ring (bicyclic) bond motifs is 1. The van der Waals surface area contributed by atoms with Crippen molar-refractivity contribution in [3.8, 4) is 0 Å². The quantitative estimate of drug-likeness (QED) is 0.825. The van der Waals surface area contributed by atoms with E-state index in [4.69, 9.17) is 5.11 Å². The fourth-order valence-electron chi connectivity index (χ4n) is 4.16. The molecule has 112 valence electrons. The van der Waals surface area contributed by atoms with Crippen molar-refractivity contribution in [1.82, 2.24) is 9.80 Å². The molecule has 2 heterocycles. The number of rotatable bonds is 2. The van der Waals surface area contributed by atoms with Crippen LogP contribution in [-0.4, -0.2) is 58.5 Å². The minimum absolute atomic E-state index is 0.0634. The highest BCUT2D eigenvalue weighted by atomic mass is 16.4. The Hall–Kier alpha value is -1.10. The van der Waals surface area contributed by atoms with Gasteiger partial charge in [-0.3, -0.25) is 14.5 Å². The molecule has 1 N–H and O–H groups in total. The summed E-state index contributed by atoms with van der Waals surface area (Å²) in [5.74, 6) is -0.916. The van der Waals surface area contributed by atoms with E-state index in [2.05, 4.69) is 11.8 Å². The predicted octanol–water partition coefficient (Wildman–Crippen LogP) is 1.18. The van der Waals surface area contributed by atoms with E-state index in [0.29, 0.717) is 18.9 Å². The minimum atomic E-state index is -0.742. The molecule has 5 nitrogen and oxygen atoms in total. The van der Waals surface area contributed by atoms with Crippen molar-refractivity contribution in [2.75, 3.05) is 19.6 Å². The SMILES string of the molecule is CC1CN2CCCC2CN1C(=O)[C@@H]1CC[C@H](C(=O)O)C1. The molecular formula is C15H24N2O3. The van der Waals surface area contributed by atoms with Crippen LogP contribution in [0.2, 0.25) is 0 Å². The van der Waals surface area contributed by atoms with Crippen molar-refractivity contribution in [1.29, 1.82) is 0 Å². The molecule has 1 saturated carbocycles. The molecule has 0 aromatic carbocycles. The van der Waals surface area contributed by atoms with Gasteiger partial charge in [-0.25, -0.2) is 0 Å². The van der Waals surface area contributed by atoms with E-state index in [1.807, 2.05) is 4.90 Å². The van der Waals surface area contributed by atoms with Crippen LogP contribution in [-0.2, 0) is 9.59 Å². The maximum Gasteiger partial charge on any atom is 0.306 e. The van der Waals surface area contributed by atoms with Crippen molar-refractivity contribution in [2.24, 2.45) is 11.8 Å². The first-order valence-electron chi connectivity index (χ1n) is 7.83. The van der Waals surface area contributed by atoms with Gasteiger partial charge in [0.25, 0.3) is 0 Å². The number of piperazine rings is 1. The zero-order valence-corrected chi connectivity index (χ0v) is 12.1. The number of hydrogen-bond donors (Lipinski definition) is 1. The topological polar surface area (TPSA) is 60.9 Å². The van der Waals surface area contributed by atoms with Crippen LogP contribution in [0, 0.1) is 11.8 Å². The number of nitrogens with zero attached hydrogens (tertiary/aromatic N) is 2. The third-order valence-corrected chi connectivity index (χ3v) is 5.35. The van der Waals surface area contributed by atoms with Crippen molar-refractivity contribution in [3.05, 3.63) is 0 Å². The number of aliphatic carboxylic acids is 1. The molecule has 0 radical (unpaired) electrons. The summed E-state index contributed by atoms with van der Waals surface area (Å²) >= 11 is 0. The lowest BCUT2D eigenvalue weighted by Gasteiger charge is -2.43. The van der Waals surface area contributed by atoms with E-state index < -0.39 is 5.97 Å². The second-order valence-electron chi connectivity index (χ2n) is 6.68. The van der Waals surface area contributed by atoms with Gasteiger partial charge in [-0.05, 0) is 45.6 Å². The summed E-state index contributed by atoms with van der Waals surface area (Å²) in [6, 6.07) is 0.799. The Balaban J connectivity index is 1.63. The molecule has 4 atom stereocenters. The normalized spacial score (nSPS) is 38.0. The molecule has 1 aliphatic carbocycles. The summed E-state index contributed by atoms with van der Waals surface area (Å²) in [5, 5.41) is 9.07. The highest BCUT2D eigenvalue weighted by Gasteiger charge is 2.41. The number of carbonyl (C=O) groups excluding carboxylic acids is 1. The van der Waals surface area contributed by atoms with Gasteiger partial charge in [0.2, 0.25) is 5.91 Å². The van der Waals surface area contributed by atoms with E-state index in [0.717, 1.165) is 19.5 Å². The van der Waals surface area contributed by atoms with Crippen molar-refractivity contribution in [3.63, 3.8) is 0 Å². The molecule has 2 saturated heterocycles. The van der Waals surface area contributed by atoms with Crippen LogP contribution in [0.5, 0.6) is 0 Å². The number of carbonyl (C=O) groups is 2. The molecule has 0 spiro atoms. The Kier molecular flexibility index (Phi) is 3.71. The smallest absolute Gasteiger partial charge is 0.306 e. The van der Waals surface area contributed by atoms with Gasteiger partial charge in [0.05, 0.1) is 5.92 Å². The Morgan fingerprint density at radius 2 is 1.85 bits per heavy atom. The Morgan fingerprint density at radius 3 is 2.55 bits per heavy atom. The summed E-state index contributed by atoms with van der Waals surface area (Å²) in [6.45, 7) is 5.11. The van der Waals surface area contributed by atoms with Crippen molar-refractivity contribution < 1.29 is 14.7 Å². The second kappa shape index (κ2) is 5.35. The third-order valence-electron chi connectivity index (χ3n) is 5.35. The Morgan fingerprint density at radius 1 is 1.10 bits per heavy atom. The van der Waals surface area contributed by atoms with Crippen LogP contribution in [0.4, 0.5) is 0 Å². The lowest BCUT2D eigenvalue weighted by Crippen LogP contribution is -2.57. The van der Waals surface area contributed by atoms with Crippen LogP contribution in [0.15, 0.2) is 0 Å². The third kappa shape index (κ3) is 2.43. The number of carboxylic acids is 1. The molecule has 1 amide bonds. The van der Waals surface area contributed by atoms with Crippen LogP contribution in [0.3, 0.4) is 0 Å². The van der Waals surface area contributed by atoms with Gasteiger partial charge in [-0.2, -0.15) is 0 Å². The first-order valence-corrected chi connectivity index (χ1v) is 7.83. The van der Waals surface area contributed by atoms with Crippen molar-refractivity contribution in [2.45, 2.75) is 51.1 Å². The first-order chi connectivity index (χ1) is 9.56. The lowest BCUT2D eigenvalue weighted by molar-refractivity contribution is -0.142. The monoisotopic (exact) mass is 280 g/mol. The summed E-state index contributed by atoms with van der Waals surface area (Å²) in [7, 11) is 0. The Labute approximate surface area is 119 Å². The van der Waals surface area contributed by atoms with Gasteiger partial charge < -0.3 is 10.0 Å². The maximum atomic E-state index is 12.7. The molecule has 2 aliphatic heterocycles. The zero-order valence-electron chi connectivity index (χ0n) is 12.1. The minimum Gasteiger partial charge on any atom is -0.481 e. The highest BCUT2D eigenvalue weighted by Crippen LogP contribution is 2.34. The van der Waals surface area contributed by atoms with Crippen LogP contribution in [0.1, 0.15) is 39.0 Å². The van der Waals surface area contributed by atoms with Gasteiger partial charge in [-0.15, -0.1) is 0 Å². The van der Waals surface area contributed by atoms with Gasteiger partial charge in [0.1, 0.15) is 0 Å². The highest BCUT2D eigenvalue weighted by molar-refractivity contribution is 5.81. The number of carboxylic acid groups (broad SMARTS) is 1. The van der Waals surface area contributed by atoms with Crippen molar-refractivity contribution >= 4 is 11.9 Å². The number of hydrogen-bond acceptors (Lipinski definition) is 3. The molecule has 5 heteroatoms. The van der Waals surface area contributed by atoms with Gasteiger partial charge in [0, 0.05) is 31.1 Å². The summed E-state index contributed by atoms with van der Waals surface area (Å²) < 4.78 is 0. The molecule has 0 aromatic heterocycles. The first kappa shape index (κ1) is 13.9. The summed E-state index contributed by atoms with van der Waals surface area (Å²) in [6.07, 6.45) is 4.37. The summed E-state index contributed by atoms with van der Waals surface area (Å²) in [5.41, 5.74) is 0. The molecule has 3 rings (SSSR count). The average Bonchev–Trinajstić information content (AvgIpc) is 3.05. The van der Waals surface area contributed by atoms with Gasteiger partial charge >= 0.3 is 5.97 Å². The van der Waals surface area contributed by atoms with E-state index in [-0.39, 0.29) is 23.8 Å². The zero-order chi connectivity index (χ0) is 14.3. The van der Waals surface area contributed by atoms with E-state index in [9.17, 15) is 9.59 Å². The number of amides is 1. The molecule has 2 unspecified atom stereocenters. The standard InChI is InChI=1S/C15H24N2O3/c1-10-8-16-6-2-3-13(16)9-17(10)14(18)11-4-5-12(7-11)15(19)20/h10-13H,2-9H2,1H3,(H,19,20)/t10?,11-,12+,13?/m1/s1. The van der Waals surface area contributed by atoms with E-state index in [1.165, 1.54) is 19.4 Å². The van der Waals surface area contributed by atoms with Gasteiger partial charge in [-0.1, -0.05) is 0 Å². The average molecular weight is 280 g/mol. The maximum absolute atomic E-state index is 12.7. The Bertz CT molecular complexity index is 412. The van der Waals surface area contributed by atoms with Crippen LogP contribution < -0.4 is 0 Å². The molecule has 0 bridgehead atoms.